The third kappa shape index (κ3) is 6.33. The first-order chi connectivity index (χ1) is 18.4. The second-order valence-electron chi connectivity index (χ2n) is 8.84. The molecular formula is C28H28N4O6. The van der Waals surface area contributed by atoms with Crippen LogP contribution in [0.25, 0.3) is 22.5 Å². The molecule has 0 aliphatic heterocycles. The van der Waals surface area contributed by atoms with Crippen LogP contribution in [0.15, 0.2) is 71.4 Å². The number of methoxy groups -OCH3 is 1. The number of benzene rings is 2. The zero-order chi connectivity index (χ0) is 27.1. The van der Waals surface area contributed by atoms with Crippen LogP contribution in [-0.2, 0) is 4.74 Å². The van der Waals surface area contributed by atoms with Crippen LogP contribution >= 0.6 is 0 Å². The fourth-order valence-electron chi connectivity index (χ4n) is 3.50. The Labute approximate surface area is 220 Å². The molecule has 4 aromatic rings. The van der Waals surface area contributed by atoms with Crippen molar-refractivity contribution in [3.05, 3.63) is 78.4 Å². The first-order valence-corrected chi connectivity index (χ1v) is 12.0. The Hall–Kier alpha value is -4.73. The van der Waals surface area contributed by atoms with E-state index in [9.17, 15) is 9.59 Å². The lowest BCUT2D eigenvalue weighted by atomic mass is 10.0. The maximum Gasteiger partial charge on any atom is 0.514 e. The molecule has 0 unspecified atom stereocenters. The van der Waals surface area contributed by atoms with Gasteiger partial charge in [-0.05, 0) is 24.0 Å². The lowest BCUT2D eigenvalue weighted by molar-refractivity contribution is 0.0850. The normalized spacial score (nSPS) is 11.6. The molecule has 0 spiro atoms. The summed E-state index contributed by atoms with van der Waals surface area (Å²) >= 11 is 0. The van der Waals surface area contributed by atoms with Gasteiger partial charge in [0.15, 0.2) is 11.4 Å². The number of nitrogens with zero attached hydrogens (tertiary/aromatic N) is 3. The third-order valence-corrected chi connectivity index (χ3v) is 5.43. The van der Waals surface area contributed by atoms with Crippen LogP contribution in [0.4, 0.5) is 4.79 Å². The minimum Gasteiger partial charge on any atom is -0.493 e. The number of carbonyl (C=O) groups excluding carboxylic acids is 2. The molecule has 2 aromatic carbocycles. The zero-order valence-corrected chi connectivity index (χ0v) is 21.5. The smallest absolute Gasteiger partial charge is 0.493 e. The summed E-state index contributed by atoms with van der Waals surface area (Å²) in [5.41, 5.74) is 2.78. The van der Waals surface area contributed by atoms with E-state index in [0.717, 1.165) is 16.7 Å². The van der Waals surface area contributed by atoms with Gasteiger partial charge in [0.1, 0.15) is 6.04 Å². The summed E-state index contributed by atoms with van der Waals surface area (Å²) in [6.07, 6.45) is 0.404. The molecule has 1 atom stereocenters. The van der Waals surface area contributed by atoms with Gasteiger partial charge in [-0.1, -0.05) is 73.6 Å². The highest BCUT2D eigenvalue weighted by atomic mass is 16.7. The standard InChI is InChI=1S/C28H28N4O6/c1-17(2)16-36-28(34)37-24-22(35-4)14-15-29-23(24)26(33)30-18(3)27-31-25(32-38-27)21-12-10-20(11-13-21)19-8-6-5-7-9-19/h5-15,17-18H,16H2,1-4H3,(H,30,33)/t18-/m0/s1. The van der Waals surface area contributed by atoms with Gasteiger partial charge < -0.3 is 24.1 Å². The van der Waals surface area contributed by atoms with Crippen molar-refractivity contribution in [2.75, 3.05) is 13.7 Å². The van der Waals surface area contributed by atoms with Crippen molar-refractivity contribution in [2.24, 2.45) is 5.92 Å². The van der Waals surface area contributed by atoms with Crippen molar-refractivity contribution in [3.63, 3.8) is 0 Å². The molecule has 1 N–H and O–H groups in total. The van der Waals surface area contributed by atoms with Gasteiger partial charge in [0.2, 0.25) is 17.5 Å². The summed E-state index contributed by atoms with van der Waals surface area (Å²) in [6.45, 7) is 5.63. The molecule has 0 aliphatic carbocycles. The van der Waals surface area contributed by atoms with Crippen molar-refractivity contribution >= 4 is 12.1 Å². The number of hydrogen-bond acceptors (Lipinski definition) is 9. The van der Waals surface area contributed by atoms with E-state index in [1.165, 1.54) is 19.4 Å². The summed E-state index contributed by atoms with van der Waals surface area (Å²) in [5, 5.41) is 6.79. The van der Waals surface area contributed by atoms with Crippen molar-refractivity contribution < 1.29 is 28.3 Å². The van der Waals surface area contributed by atoms with E-state index in [4.69, 9.17) is 18.7 Å². The van der Waals surface area contributed by atoms with E-state index in [-0.39, 0.29) is 35.6 Å². The van der Waals surface area contributed by atoms with Gasteiger partial charge in [-0.2, -0.15) is 4.98 Å². The number of pyridine rings is 1. The third-order valence-electron chi connectivity index (χ3n) is 5.43. The van der Waals surface area contributed by atoms with Crippen LogP contribution in [0.5, 0.6) is 11.5 Å². The Bertz CT molecular complexity index is 1390. The second-order valence-corrected chi connectivity index (χ2v) is 8.84. The highest BCUT2D eigenvalue weighted by Crippen LogP contribution is 2.30. The fourth-order valence-corrected chi connectivity index (χ4v) is 3.50. The molecule has 0 fully saturated rings. The SMILES string of the molecule is COc1ccnc(C(=O)N[C@@H](C)c2nc(-c3ccc(-c4ccccc4)cc3)no2)c1OC(=O)OCC(C)C. The molecule has 0 saturated carbocycles. The van der Waals surface area contributed by atoms with Crippen LogP contribution < -0.4 is 14.8 Å². The fraction of sp³-hybridized carbons (Fsp3) is 0.250. The molecule has 0 aliphatic rings. The zero-order valence-electron chi connectivity index (χ0n) is 21.5. The van der Waals surface area contributed by atoms with Crippen molar-refractivity contribution in [2.45, 2.75) is 26.8 Å². The average molecular weight is 517 g/mol. The number of aromatic nitrogens is 3. The average Bonchev–Trinajstić information content (AvgIpc) is 3.43. The van der Waals surface area contributed by atoms with Crippen molar-refractivity contribution in [1.82, 2.24) is 20.4 Å². The summed E-state index contributed by atoms with van der Waals surface area (Å²) in [5.74, 6) is 0.0638. The van der Waals surface area contributed by atoms with E-state index < -0.39 is 18.1 Å². The molecule has 196 valence electrons. The van der Waals surface area contributed by atoms with Gasteiger partial charge >= 0.3 is 6.16 Å². The molecule has 38 heavy (non-hydrogen) atoms. The Morgan fingerprint density at radius 1 is 0.947 bits per heavy atom. The van der Waals surface area contributed by atoms with E-state index in [1.807, 2.05) is 68.4 Å². The van der Waals surface area contributed by atoms with Crippen LogP contribution in [0.1, 0.15) is 43.2 Å². The molecule has 4 rings (SSSR count). The van der Waals surface area contributed by atoms with E-state index in [1.54, 1.807) is 6.92 Å². The molecule has 2 heterocycles. The quantitative estimate of drug-likeness (QED) is 0.288. The molecule has 10 nitrogen and oxygen atoms in total. The largest absolute Gasteiger partial charge is 0.514 e. The minimum atomic E-state index is -0.966. The number of ether oxygens (including phenoxy) is 3. The number of amides is 1. The van der Waals surface area contributed by atoms with Crippen LogP contribution in [0, 0.1) is 5.92 Å². The molecule has 0 radical (unpaired) electrons. The van der Waals surface area contributed by atoms with Gasteiger partial charge in [-0.25, -0.2) is 9.78 Å². The molecular weight excluding hydrogens is 488 g/mol. The first-order valence-electron chi connectivity index (χ1n) is 12.0. The van der Waals surface area contributed by atoms with E-state index in [2.05, 4.69) is 20.4 Å². The maximum absolute atomic E-state index is 13.1. The van der Waals surface area contributed by atoms with Gasteiger partial charge in [-0.15, -0.1) is 0 Å². The predicted octanol–water partition coefficient (Wildman–Crippen LogP) is 5.47. The number of rotatable bonds is 9. The van der Waals surface area contributed by atoms with Gasteiger partial charge in [-0.3, -0.25) is 4.79 Å². The Morgan fingerprint density at radius 3 is 2.32 bits per heavy atom. The lowest BCUT2D eigenvalue weighted by Gasteiger charge is -2.14. The molecule has 1 amide bonds. The monoisotopic (exact) mass is 516 g/mol. The first kappa shape index (κ1) is 26.3. The van der Waals surface area contributed by atoms with Gasteiger partial charge in [0.05, 0.1) is 13.7 Å². The summed E-state index contributed by atoms with van der Waals surface area (Å²) in [6, 6.07) is 18.6. The van der Waals surface area contributed by atoms with Crippen LogP contribution in [-0.4, -0.2) is 40.9 Å². The van der Waals surface area contributed by atoms with Gasteiger partial charge in [0, 0.05) is 17.8 Å². The lowest BCUT2D eigenvalue weighted by Crippen LogP contribution is -2.28. The van der Waals surface area contributed by atoms with Crippen molar-refractivity contribution in [1.29, 1.82) is 0 Å². The predicted molar refractivity (Wildman–Crippen MR) is 139 cm³/mol. The summed E-state index contributed by atoms with van der Waals surface area (Å²) < 4.78 is 21.0. The molecule has 10 heteroatoms. The van der Waals surface area contributed by atoms with Crippen molar-refractivity contribution in [3.8, 4) is 34.0 Å². The van der Waals surface area contributed by atoms with Gasteiger partial charge in [0.25, 0.3) is 5.91 Å². The Kier molecular flexibility index (Phi) is 8.32. The minimum absolute atomic E-state index is 0.114. The number of carbonyl (C=O) groups is 2. The maximum atomic E-state index is 13.1. The summed E-state index contributed by atoms with van der Waals surface area (Å²) in [4.78, 5) is 33.7. The molecule has 0 saturated heterocycles. The molecule has 0 bridgehead atoms. The topological polar surface area (TPSA) is 126 Å². The highest BCUT2D eigenvalue weighted by Gasteiger charge is 2.25. The molecule has 2 aromatic heterocycles. The highest BCUT2D eigenvalue weighted by molar-refractivity contribution is 5.96. The van der Waals surface area contributed by atoms with Crippen LogP contribution in [0.3, 0.4) is 0 Å². The number of hydrogen-bond donors (Lipinski definition) is 1. The second kappa shape index (κ2) is 12.0. The van der Waals surface area contributed by atoms with E-state index >= 15 is 0 Å². The Balaban J connectivity index is 1.46. The summed E-state index contributed by atoms with van der Waals surface area (Å²) in [7, 11) is 1.39. The number of nitrogens with one attached hydrogen (secondary N) is 1. The van der Waals surface area contributed by atoms with E-state index in [0.29, 0.717) is 5.82 Å². The van der Waals surface area contributed by atoms with Crippen LogP contribution in [0.2, 0.25) is 0 Å². The Morgan fingerprint density at radius 2 is 1.63 bits per heavy atom.